The van der Waals surface area contributed by atoms with Gasteiger partial charge in [0.25, 0.3) is 0 Å². The van der Waals surface area contributed by atoms with Crippen LogP contribution in [0.1, 0.15) is 23.7 Å². The van der Waals surface area contributed by atoms with Crippen molar-refractivity contribution in [3.8, 4) is 0 Å². The predicted octanol–water partition coefficient (Wildman–Crippen LogP) is 2.43. The first-order valence-electron chi connectivity index (χ1n) is 5.14. The quantitative estimate of drug-likeness (QED) is 0.222. The molecule has 0 saturated carbocycles. The van der Waals surface area contributed by atoms with E-state index in [0.717, 1.165) is 0 Å². The van der Waals surface area contributed by atoms with Gasteiger partial charge in [-0.3, -0.25) is 4.79 Å². The van der Waals surface area contributed by atoms with E-state index in [2.05, 4.69) is 0 Å². The Hall–Kier alpha value is -1.63. The second-order valence-electron chi connectivity index (χ2n) is 3.41. The van der Waals surface area contributed by atoms with E-state index in [0.29, 0.717) is 6.61 Å². The molecule has 0 aromatic heterocycles. The normalized spacial score (nSPS) is 10.7. The minimum atomic E-state index is -2.05. The van der Waals surface area contributed by atoms with Gasteiger partial charge < -0.3 is 10.5 Å². The number of benzene rings is 1. The number of anilines is 1. The van der Waals surface area contributed by atoms with Gasteiger partial charge in [-0.05, 0) is 6.92 Å². The third-order valence-corrected chi connectivity index (χ3v) is 2.26. The molecule has 3 nitrogen and oxygen atoms in total. The molecule has 2 N–H and O–H groups in total. The Bertz CT molecular complexity index is 448. The summed E-state index contributed by atoms with van der Waals surface area (Å²) in [5.74, 6) is -8.59. The Morgan fingerprint density at radius 2 is 1.67 bits per heavy atom. The third kappa shape index (κ3) is 2.61. The van der Waals surface area contributed by atoms with Crippen LogP contribution in [0.25, 0.3) is 0 Å². The van der Waals surface area contributed by atoms with E-state index < -0.39 is 40.3 Å². The first kappa shape index (κ1) is 14.4. The van der Waals surface area contributed by atoms with Gasteiger partial charge in [-0.15, -0.1) is 0 Å². The van der Waals surface area contributed by atoms with Crippen LogP contribution >= 0.6 is 0 Å². The van der Waals surface area contributed by atoms with Gasteiger partial charge in [0.15, 0.2) is 29.1 Å². The smallest absolute Gasteiger partial charge is 0.199 e. The number of rotatable bonds is 5. The average Bonchev–Trinajstić information content (AvgIpc) is 2.34. The van der Waals surface area contributed by atoms with Crippen LogP contribution in [-0.2, 0) is 4.74 Å². The molecule has 1 aromatic rings. The Morgan fingerprint density at radius 3 is 2.22 bits per heavy atom. The number of hydrogen-bond donors (Lipinski definition) is 1. The van der Waals surface area contributed by atoms with Gasteiger partial charge in [0.2, 0.25) is 0 Å². The Labute approximate surface area is 101 Å². The van der Waals surface area contributed by atoms with Crippen molar-refractivity contribution in [2.24, 2.45) is 0 Å². The minimum Gasteiger partial charge on any atom is -0.396 e. The van der Waals surface area contributed by atoms with Crippen molar-refractivity contribution in [2.45, 2.75) is 13.3 Å². The molecule has 1 rings (SSSR count). The number of ether oxygens (including phenoxy) is 1. The first-order valence-corrected chi connectivity index (χ1v) is 5.14. The molecule has 0 radical (unpaired) electrons. The topological polar surface area (TPSA) is 52.3 Å². The molecule has 0 aliphatic heterocycles. The van der Waals surface area contributed by atoms with Crippen molar-refractivity contribution in [3.63, 3.8) is 0 Å². The summed E-state index contributed by atoms with van der Waals surface area (Å²) in [5, 5.41) is 0. The molecule has 0 saturated heterocycles. The summed E-state index contributed by atoms with van der Waals surface area (Å²) in [5.41, 5.74) is 3.06. The molecule has 0 unspecified atom stereocenters. The van der Waals surface area contributed by atoms with Crippen LogP contribution in [0, 0.1) is 23.3 Å². The van der Waals surface area contributed by atoms with E-state index in [1.54, 1.807) is 6.92 Å². The number of nitrogen functional groups attached to an aromatic ring is 1. The molecule has 0 aliphatic carbocycles. The van der Waals surface area contributed by atoms with E-state index in [9.17, 15) is 22.4 Å². The fourth-order valence-corrected chi connectivity index (χ4v) is 1.36. The lowest BCUT2D eigenvalue weighted by Gasteiger charge is -2.09. The molecule has 7 heteroatoms. The molecule has 0 atom stereocenters. The largest absolute Gasteiger partial charge is 0.396 e. The summed E-state index contributed by atoms with van der Waals surface area (Å²) < 4.78 is 57.0. The van der Waals surface area contributed by atoms with Crippen molar-refractivity contribution >= 4 is 11.5 Å². The van der Waals surface area contributed by atoms with Crippen LogP contribution in [0.5, 0.6) is 0 Å². The molecule has 100 valence electrons. The maximum absolute atomic E-state index is 13.3. The van der Waals surface area contributed by atoms with Crippen LogP contribution in [-0.4, -0.2) is 19.0 Å². The molecular weight excluding hydrogens is 254 g/mol. The number of Topliss-reactive ketones (excluding diaryl/α,β-unsaturated/α-hetero) is 1. The lowest BCUT2D eigenvalue weighted by atomic mass is 10.0. The van der Waals surface area contributed by atoms with Gasteiger partial charge in [-0.2, -0.15) is 0 Å². The SMILES string of the molecule is CCOCCC(=O)c1c(N)c(F)c(F)c(F)c1F. The van der Waals surface area contributed by atoms with Crippen molar-refractivity contribution in [1.82, 2.24) is 0 Å². The number of carbonyl (C=O) groups excluding carboxylic acids is 1. The van der Waals surface area contributed by atoms with Gasteiger partial charge in [0.05, 0.1) is 17.9 Å². The van der Waals surface area contributed by atoms with Crippen molar-refractivity contribution in [2.75, 3.05) is 18.9 Å². The molecule has 1 aromatic carbocycles. The van der Waals surface area contributed by atoms with Gasteiger partial charge >= 0.3 is 0 Å². The predicted molar refractivity (Wildman–Crippen MR) is 56.1 cm³/mol. The molecule has 18 heavy (non-hydrogen) atoms. The standard InChI is InChI=1S/C11H11F4NO2/c1-2-18-4-3-5(17)6-7(12)8(13)9(14)10(15)11(6)16/h2-4,16H2,1H3. The van der Waals surface area contributed by atoms with Crippen LogP contribution in [0.3, 0.4) is 0 Å². The van der Waals surface area contributed by atoms with Crippen LogP contribution in [0.15, 0.2) is 0 Å². The lowest BCUT2D eigenvalue weighted by molar-refractivity contribution is 0.0891. The number of halogens is 4. The Morgan fingerprint density at radius 1 is 1.11 bits per heavy atom. The van der Waals surface area contributed by atoms with E-state index in [4.69, 9.17) is 10.5 Å². The summed E-state index contributed by atoms with van der Waals surface area (Å²) in [4.78, 5) is 11.5. The number of nitrogens with two attached hydrogens (primary N) is 1. The van der Waals surface area contributed by atoms with E-state index in [-0.39, 0.29) is 13.0 Å². The summed E-state index contributed by atoms with van der Waals surface area (Å²) in [6, 6.07) is 0. The number of ketones is 1. The molecular formula is C11H11F4NO2. The fourth-order valence-electron chi connectivity index (χ4n) is 1.36. The maximum Gasteiger partial charge on any atom is 0.199 e. The van der Waals surface area contributed by atoms with Gasteiger partial charge in [-0.1, -0.05) is 0 Å². The first-order chi connectivity index (χ1) is 8.41. The van der Waals surface area contributed by atoms with Gasteiger partial charge in [0.1, 0.15) is 0 Å². The van der Waals surface area contributed by atoms with Crippen LogP contribution < -0.4 is 5.73 Å². The second kappa shape index (κ2) is 5.81. The summed E-state index contributed by atoms with van der Waals surface area (Å²) >= 11 is 0. The lowest BCUT2D eigenvalue weighted by Crippen LogP contribution is -2.14. The zero-order valence-corrected chi connectivity index (χ0v) is 9.53. The summed E-state index contributed by atoms with van der Waals surface area (Å²) in [6.07, 6.45) is -0.306. The zero-order valence-electron chi connectivity index (χ0n) is 9.53. The Kier molecular flexibility index (Phi) is 4.66. The monoisotopic (exact) mass is 265 g/mol. The highest BCUT2D eigenvalue weighted by molar-refractivity contribution is 6.01. The summed E-state index contributed by atoms with van der Waals surface area (Å²) in [6.45, 7) is 1.96. The van der Waals surface area contributed by atoms with Gasteiger partial charge in [-0.25, -0.2) is 17.6 Å². The molecule has 0 spiro atoms. The highest BCUT2D eigenvalue weighted by atomic mass is 19.2. The van der Waals surface area contributed by atoms with E-state index in [1.165, 1.54) is 0 Å². The minimum absolute atomic E-state index is 0.0468. The fraction of sp³-hybridized carbons (Fsp3) is 0.364. The molecule has 0 bridgehead atoms. The van der Waals surface area contributed by atoms with Crippen molar-refractivity contribution in [3.05, 3.63) is 28.8 Å². The Balaban J connectivity index is 3.13. The van der Waals surface area contributed by atoms with Gasteiger partial charge in [0, 0.05) is 13.0 Å². The van der Waals surface area contributed by atoms with E-state index in [1.807, 2.05) is 0 Å². The molecule has 0 amide bonds. The highest BCUT2D eigenvalue weighted by Crippen LogP contribution is 2.27. The third-order valence-electron chi connectivity index (χ3n) is 2.26. The van der Waals surface area contributed by atoms with E-state index >= 15 is 0 Å². The van der Waals surface area contributed by atoms with Crippen molar-refractivity contribution in [1.29, 1.82) is 0 Å². The number of hydrogen-bond acceptors (Lipinski definition) is 3. The average molecular weight is 265 g/mol. The summed E-state index contributed by atoms with van der Waals surface area (Å²) in [7, 11) is 0. The second-order valence-corrected chi connectivity index (χ2v) is 3.41. The zero-order chi connectivity index (χ0) is 13.9. The van der Waals surface area contributed by atoms with Crippen LogP contribution in [0.2, 0.25) is 0 Å². The molecule has 0 fully saturated rings. The molecule has 0 heterocycles. The highest BCUT2D eigenvalue weighted by Gasteiger charge is 2.27. The molecule has 0 aliphatic rings. The van der Waals surface area contributed by atoms with Crippen molar-refractivity contribution < 1.29 is 27.1 Å². The van der Waals surface area contributed by atoms with Crippen LogP contribution in [0.4, 0.5) is 23.2 Å². The number of carbonyl (C=O) groups is 1. The maximum atomic E-state index is 13.3.